The highest BCUT2D eigenvalue weighted by Gasteiger charge is 2.30. The molecule has 1 saturated heterocycles. The van der Waals surface area contributed by atoms with Crippen molar-refractivity contribution in [3.63, 3.8) is 0 Å². The summed E-state index contributed by atoms with van der Waals surface area (Å²) >= 11 is 6.23. The second-order valence-electron chi connectivity index (χ2n) is 7.37. The fourth-order valence-corrected chi connectivity index (χ4v) is 5.52. The first-order valence-electron chi connectivity index (χ1n) is 10.2. The van der Waals surface area contributed by atoms with Crippen molar-refractivity contribution in [2.45, 2.75) is 24.2 Å². The zero-order valence-corrected chi connectivity index (χ0v) is 19.2. The van der Waals surface area contributed by atoms with Gasteiger partial charge in [-0.3, -0.25) is 14.5 Å². The highest BCUT2D eigenvalue weighted by atomic mass is 35.5. The van der Waals surface area contributed by atoms with E-state index in [-0.39, 0.29) is 27.9 Å². The minimum absolute atomic E-state index is 0.0410. The topological polar surface area (TPSA) is 86.8 Å². The van der Waals surface area contributed by atoms with Gasteiger partial charge in [-0.1, -0.05) is 30.0 Å². The number of anilines is 1. The third kappa shape index (κ3) is 5.13. The lowest BCUT2D eigenvalue weighted by Gasteiger charge is -2.27. The predicted octanol–water partition coefficient (Wildman–Crippen LogP) is 2.89. The molecule has 7 nitrogen and oxygen atoms in total. The third-order valence-corrected chi connectivity index (χ3v) is 7.64. The van der Waals surface area contributed by atoms with Crippen LogP contribution in [0, 0.1) is 12.3 Å². The van der Waals surface area contributed by atoms with Crippen molar-refractivity contribution in [3.8, 4) is 12.3 Å². The zero-order chi connectivity index (χ0) is 23.3. The van der Waals surface area contributed by atoms with Crippen LogP contribution in [-0.4, -0.2) is 51.2 Å². The van der Waals surface area contributed by atoms with Crippen LogP contribution in [0.2, 0.25) is 5.02 Å². The molecule has 9 heteroatoms. The van der Waals surface area contributed by atoms with Gasteiger partial charge in [0.05, 0.1) is 5.02 Å². The lowest BCUT2D eigenvalue weighted by atomic mass is 10.1. The maximum atomic E-state index is 13.4. The number of carbonyl (C=O) groups is 2. The Morgan fingerprint density at radius 3 is 2.53 bits per heavy atom. The number of nitrogens with one attached hydrogen (secondary N) is 1. The number of sulfonamides is 1. The minimum Gasteiger partial charge on any atom is -0.358 e. The maximum Gasteiger partial charge on any atom is 0.258 e. The molecule has 32 heavy (non-hydrogen) atoms. The van der Waals surface area contributed by atoms with Gasteiger partial charge in [0, 0.05) is 37.0 Å². The number of benzene rings is 2. The molecule has 0 saturated carbocycles. The molecule has 1 heterocycles. The molecule has 0 aromatic heterocycles. The van der Waals surface area contributed by atoms with Gasteiger partial charge in [0.2, 0.25) is 15.9 Å². The van der Waals surface area contributed by atoms with Crippen LogP contribution in [-0.2, 0) is 14.8 Å². The van der Waals surface area contributed by atoms with Crippen LogP contribution in [0.3, 0.4) is 0 Å². The first-order valence-corrected chi connectivity index (χ1v) is 12.0. The molecule has 168 valence electrons. The number of rotatable bonds is 6. The first kappa shape index (κ1) is 23.8. The Kier molecular flexibility index (Phi) is 7.56. The number of hydrogen-bond acceptors (Lipinski definition) is 4. The molecule has 2 aromatic rings. The van der Waals surface area contributed by atoms with E-state index in [0.29, 0.717) is 24.3 Å². The van der Waals surface area contributed by atoms with Crippen LogP contribution < -0.4 is 10.2 Å². The Morgan fingerprint density at radius 1 is 1.16 bits per heavy atom. The number of halogens is 1. The lowest BCUT2D eigenvalue weighted by Crippen LogP contribution is -2.40. The van der Waals surface area contributed by atoms with Gasteiger partial charge in [-0.2, -0.15) is 4.31 Å². The third-order valence-electron chi connectivity index (χ3n) is 5.26. The van der Waals surface area contributed by atoms with Crippen LogP contribution in [0.4, 0.5) is 5.69 Å². The van der Waals surface area contributed by atoms with Crippen molar-refractivity contribution in [1.82, 2.24) is 9.62 Å². The van der Waals surface area contributed by atoms with Gasteiger partial charge in [-0.05, 0) is 49.2 Å². The highest BCUT2D eigenvalue weighted by molar-refractivity contribution is 7.89. The maximum absolute atomic E-state index is 13.4. The van der Waals surface area contributed by atoms with Gasteiger partial charge >= 0.3 is 0 Å². The van der Waals surface area contributed by atoms with Crippen molar-refractivity contribution in [1.29, 1.82) is 0 Å². The van der Waals surface area contributed by atoms with Crippen LogP contribution in [0.15, 0.2) is 47.4 Å². The van der Waals surface area contributed by atoms with Crippen molar-refractivity contribution in [2.75, 3.05) is 31.6 Å². The van der Waals surface area contributed by atoms with Crippen LogP contribution >= 0.6 is 11.6 Å². The van der Waals surface area contributed by atoms with E-state index >= 15 is 0 Å². The van der Waals surface area contributed by atoms with Gasteiger partial charge in [0.15, 0.2) is 0 Å². The number of hydrogen-bond donors (Lipinski definition) is 1. The Labute approximate surface area is 193 Å². The summed E-state index contributed by atoms with van der Waals surface area (Å²) in [5.74, 6) is 1.56. The SMILES string of the molecule is C#Cc1cccc(N(CC(=O)NC)C(=O)c2ccc(Cl)c(S(=O)(=O)N3CCCCC3)c2)c1. The van der Waals surface area contributed by atoms with E-state index in [4.69, 9.17) is 18.0 Å². The van der Waals surface area contributed by atoms with Crippen molar-refractivity contribution in [3.05, 3.63) is 58.6 Å². The Morgan fingerprint density at radius 2 is 1.88 bits per heavy atom. The monoisotopic (exact) mass is 473 g/mol. The molecule has 2 aromatic carbocycles. The predicted molar refractivity (Wildman–Crippen MR) is 124 cm³/mol. The van der Waals surface area contributed by atoms with Gasteiger partial charge in [-0.25, -0.2) is 8.42 Å². The average molecular weight is 474 g/mol. The number of likely N-dealkylation sites (N-methyl/N-ethyl adjacent to an activating group) is 1. The zero-order valence-electron chi connectivity index (χ0n) is 17.7. The van der Waals surface area contributed by atoms with Crippen LogP contribution in [0.25, 0.3) is 0 Å². The summed E-state index contributed by atoms with van der Waals surface area (Å²) < 4.78 is 27.7. The van der Waals surface area contributed by atoms with E-state index in [1.54, 1.807) is 24.3 Å². The molecule has 0 unspecified atom stereocenters. The number of terminal acetylenes is 1. The number of carbonyl (C=O) groups excluding carboxylic acids is 2. The molecule has 1 aliphatic heterocycles. The molecule has 0 bridgehead atoms. The van der Waals surface area contributed by atoms with E-state index in [9.17, 15) is 18.0 Å². The largest absolute Gasteiger partial charge is 0.358 e. The van der Waals surface area contributed by atoms with E-state index in [1.165, 1.54) is 34.5 Å². The van der Waals surface area contributed by atoms with Crippen molar-refractivity contribution < 1.29 is 18.0 Å². The van der Waals surface area contributed by atoms with Crippen molar-refractivity contribution in [2.24, 2.45) is 0 Å². The second-order valence-corrected chi connectivity index (χ2v) is 9.68. The summed E-state index contributed by atoms with van der Waals surface area (Å²) in [5, 5.41) is 2.53. The molecule has 3 rings (SSSR count). The van der Waals surface area contributed by atoms with Gasteiger partial charge in [0.25, 0.3) is 5.91 Å². The first-order chi connectivity index (χ1) is 15.3. The van der Waals surface area contributed by atoms with Gasteiger partial charge < -0.3 is 5.32 Å². The summed E-state index contributed by atoms with van der Waals surface area (Å²) in [6, 6.07) is 10.8. The summed E-state index contributed by atoms with van der Waals surface area (Å²) in [6.45, 7) is 0.567. The normalized spacial score (nSPS) is 14.4. The van der Waals surface area contributed by atoms with E-state index < -0.39 is 15.9 Å². The highest BCUT2D eigenvalue weighted by Crippen LogP contribution is 2.29. The van der Waals surface area contributed by atoms with E-state index in [1.807, 2.05) is 0 Å². The molecule has 0 spiro atoms. The van der Waals surface area contributed by atoms with E-state index in [0.717, 1.165) is 19.3 Å². The Hall–Kier alpha value is -2.86. The fraction of sp³-hybridized carbons (Fsp3) is 0.304. The molecule has 1 aliphatic rings. The van der Waals surface area contributed by atoms with Gasteiger partial charge in [-0.15, -0.1) is 6.42 Å². The Bertz CT molecular complexity index is 1170. The Balaban J connectivity index is 2.02. The average Bonchev–Trinajstić information content (AvgIpc) is 2.82. The number of amides is 2. The second kappa shape index (κ2) is 10.2. The molecule has 0 radical (unpaired) electrons. The molecule has 1 N–H and O–H groups in total. The quantitative estimate of drug-likeness (QED) is 0.653. The lowest BCUT2D eigenvalue weighted by molar-refractivity contribution is -0.119. The molecule has 0 aliphatic carbocycles. The molecular formula is C23H24ClN3O4S. The summed E-state index contributed by atoms with van der Waals surface area (Å²) in [6.07, 6.45) is 8.00. The summed E-state index contributed by atoms with van der Waals surface area (Å²) in [4.78, 5) is 26.6. The van der Waals surface area contributed by atoms with Crippen LogP contribution in [0.5, 0.6) is 0 Å². The molecule has 0 atom stereocenters. The fourth-order valence-electron chi connectivity index (χ4n) is 3.50. The van der Waals surface area contributed by atoms with Gasteiger partial charge in [0.1, 0.15) is 11.4 Å². The molecule has 2 amide bonds. The molecular weight excluding hydrogens is 450 g/mol. The summed E-state index contributed by atoms with van der Waals surface area (Å²) in [5.41, 5.74) is 1.06. The number of piperidine rings is 1. The molecule has 1 fully saturated rings. The smallest absolute Gasteiger partial charge is 0.258 e. The standard InChI is InChI=1S/C23H24ClN3O4S/c1-3-17-8-7-9-19(14-17)27(16-22(28)25-2)23(29)18-10-11-20(24)21(15-18)32(30,31)26-12-5-4-6-13-26/h1,7-11,14-15H,4-6,12-13,16H2,2H3,(H,25,28). The number of nitrogens with zero attached hydrogens (tertiary/aromatic N) is 2. The van der Waals surface area contributed by atoms with E-state index in [2.05, 4.69) is 11.2 Å². The van der Waals surface area contributed by atoms with Crippen LogP contribution in [0.1, 0.15) is 35.2 Å². The minimum atomic E-state index is -3.85. The van der Waals surface area contributed by atoms with Crippen molar-refractivity contribution >= 4 is 39.1 Å². The summed E-state index contributed by atoms with van der Waals surface area (Å²) in [7, 11) is -2.39.